The average molecular weight is 733 g/mol. The minimum Gasteiger partial charge on any atom is -0.506 e. The molecule has 2 heterocycles. The van der Waals surface area contributed by atoms with Crippen LogP contribution in [-0.4, -0.2) is 29.4 Å². The number of esters is 1. The molecule has 0 saturated carbocycles. The van der Waals surface area contributed by atoms with Gasteiger partial charge in [0, 0.05) is 15.6 Å². The van der Waals surface area contributed by atoms with E-state index >= 15 is 0 Å². The molecule has 1 aliphatic heterocycles. The third-order valence-electron chi connectivity index (χ3n) is 6.66. The highest BCUT2D eigenvalue weighted by Crippen LogP contribution is 2.41. The first-order chi connectivity index (χ1) is 19.3. The summed E-state index contributed by atoms with van der Waals surface area (Å²) in [5.41, 5.74) is 1.79. The number of benzene rings is 3. The van der Waals surface area contributed by atoms with E-state index in [0.717, 1.165) is 21.7 Å². The van der Waals surface area contributed by atoms with Crippen molar-refractivity contribution in [2.45, 2.75) is 32.7 Å². The Morgan fingerprint density at radius 1 is 1.23 bits per heavy atom. The van der Waals surface area contributed by atoms with Crippen LogP contribution in [0.3, 0.4) is 0 Å². The number of thiazole rings is 1. The van der Waals surface area contributed by atoms with Crippen LogP contribution in [0.5, 0.6) is 11.5 Å². The van der Waals surface area contributed by atoms with Crippen molar-refractivity contribution in [3.05, 3.63) is 98.7 Å². The highest BCUT2D eigenvalue weighted by Gasteiger charge is 2.37. The maximum Gasteiger partial charge on any atom is 0.338 e. The van der Waals surface area contributed by atoms with Gasteiger partial charge in [0.15, 0.2) is 4.80 Å². The predicted octanol–water partition coefficient (Wildman–Crippen LogP) is 5.81. The standard InChI is InChI=1S/C30H26BrIN2O5S/c1-4-8-21-25(29(37)39-5-2)26(24-19-10-7-6-9-16(19)11-12-22(24)38-3)34-28(36)23(40-30(34)33-21)14-17-13-18(31)15-20(32)27(17)35/h6-7,9-15,26,35H,4-5,8H2,1-3H3/b23-14+/t26-/m0/s1. The Balaban J connectivity index is 1.89. The number of aromatic hydroxyl groups is 1. The lowest BCUT2D eigenvalue weighted by Gasteiger charge is -2.28. The highest BCUT2D eigenvalue weighted by molar-refractivity contribution is 14.1. The number of carbonyl (C=O) groups is 1. The van der Waals surface area contributed by atoms with Crippen LogP contribution in [-0.2, 0) is 9.53 Å². The number of halogens is 2. The fourth-order valence-electron chi connectivity index (χ4n) is 4.97. The number of carbonyl (C=O) groups excluding carboxylic acids is 1. The molecule has 206 valence electrons. The molecule has 1 atom stereocenters. The Labute approximate surface area is 256 Å². The van der Waals surface area contributed by atoms with Gasteiger partial charge in [-0.2, -0.15) is 0 Å². The van der Waals surface area contributed by atoms with Gasteiger partial charge in [-0.05, 0) is 71.0 Å². The molecule has 0 saturated heterocycles. The summed E-state index contributed by atoms with van der Waals surface area (Å²) in [6.45, 7) is 3.96. The van der Waals surface area contributed by atoms with Gasteiger partial charge in [0.1, 0.15) is 17.5 Å². The van der Waals surface area contributed by atoms with E-state index in [2.05, 4.69) is 15.9 Å². The van der Waals surface area contributed by atoms with Gasteiger partial charge in [-0.1, -0.05) is 70.9 Å². The summed E-state index contributed by atoms with van der Waals surface area (Å²) in [6, 6.07) is 14.4. The monoisotopic (exact) mass is 732 g/mol. The minimum absolute atomic E-state index is 0.0841. The molecule has 0 amide bonds. The fourth-order valence-corrected chi connectivity index (χ4v) is 7.53. The number of phenolic OH excluding ortho intramolecular Hbond substituents is 1. The second-order valence-corrected chi connectivity index (χ2v) is 12.2. The van der Waals surface area contributed by atoms with Crippen molar-refractivity contribution in [2.24, 2.45) is 4.99 Å². The van der Waals surface area contributed by atoms with Crippen molar-refractivity contribution in [3.63, 3.8) is 0 Å². The summed E-state index contributed by atoms with van der Waals surface area (Å²) < 4.78 is 14.7. The SMILES string of the molecule is CCCC1=C(C(=O)OCC)[C@H](c2c(OC)ccc3ccccc23)n2c(s/c(=C/c3cc(Br)cc(I)c3O)c2=O)=N1. The number of rotatable bonds is 7. The molecule has 3 aromatic carbocycles. The minimum atomic E-state index is -0.823. The van der Waals surface area contributed by atoms with E-state index in [9.17, 15) is 14.7 Å². The molecule has 5 rings (SSSR count). The third-order valence-corrected chi connectivity index (χ3v) is 8.92. The molecule has 4 aromatic rings. The molecular formula is C30H26BrIN2O5S. The maximum absolute atomic E-state index is 14.2. The molecular weight excluding hydrogens is 707 g/mol. The van der Waals surface area contributed by atoms with Gasteiger partial charge < -0.3 is 14.6 Å². The third kappa shape index (κ3) is 5.12. The smallest absolute Gasteiger partial charge is 0.338 e. The summed E-state index contributed by atoms with van der Waals surface area (Å²) in [6.07, 6.45) is 2.95. The van der Waals surface area contributed by atoms with Gasteiger partial charge in [0.2, 0.25) is 0 Å². The summed E-state index contributed by atoms with van der Waals surface area (Å²) in [5.74, 6) is 0.126. The molecule has 1 aromatic heterocycles. The van der Waals surface area contributed by atoms with Gasteiger partial charge in [-0.15, -0.1) is 0 Å². The van der Waals surface area contributed by atoms with Gasteiger partial charge in [0.05, 0.1) is 33.1 Å². The summed E-state index contributed by atoms with van der Waals surface area (Å²) in [5, 5.41) is 12.5. The molecule has 1 aliphatic rings. The fraction of sp³-hybridized carbons (Fsp3) is 0.233. The number of nitrogens with zero attached hydrogens (tertiary/aromatic N) is 2. The molecule has 0 spiro atoms. The lowest BCUT2D eigenvalue weighted by molar-refractivity contribution is -0.139. The normalized spacial score (nSPS) is 15.2. The Bertz CT molecular complexity index is 1860. The van der Waals surface area contributed by atoms with Crippen molar-refractivity contribution < 1.29 is 19.4 Å². The molecule has 10 heteroatoms. The Kier molecular flexibility index (Phi) is 8.48. The molecule has 0 aliphatic carbocycles. The van der Waals surface area contributed by atoms with Gasteiger partial charge in [0.25, 0.3) is 5.56 Å². The highest BCUT2D eigenvalue weighted by atomic mass is 127. The molecule has 0 radical (unpaired) electrons. The molecule has 0 bridgehead atoms. The van der Waals surface area contributed by atoms with Crippen LogP contribution < -0.4 is 19.6 Å². The van der Waals surface area contributed by atoms with E-state index in [1.807, 2.05) is 65.9 Å². The van der Waals surface area contributed by atoms with E-state index < -0.39 is 12.0 Å². The summed E-state index contributed by atoms with van der Waals surface area (Å²) in [4.78, 5) is 33.1. The second-order valence-electron chi connectivity index (χ2n) is 9.14. The largest absolute Gasteiger partial charge is 0.506 e. The first-order valence-electron chi connectivity index (χ1n) is 12.7. The topological polar surface area (TPSA) is 90.1 Å². The Morgan fingerprint density at radius 2 is 2.00 bits per heavy atom. The van der Waals surface area contributed by atoms with Gasteiger partial charge in [-0.25, -0.2) is 9.79 Å². The van der Waals surface area contributed by atoms with Crippen molar-refractivity contribution >= 4 is 72.7 Å². The zero-order chi connectivity index (χ0) is 28.6. The maximum atomic E-state index is 14.2. The number of hydrogen-bond donors (Lipinski definition) is 1. The van der Waals surface area contributed by atoms with Crippen LogP contribution >= 0.6 is 49.9 Å². The molecule has 0 fully saturated rings. The average Bonchev–Trinajstić information content (AvgIpc) is 3.24. The number of methoxy groups -OCH3 is 1. The van der Waals surface area contributed by atoms with E-state index in [4.69, 9.17) is 14.5 Å². The van der Waals surface area contributed by atoms with Gasteiger partial charge >= 0.3 is 5.97 Å². The van der Waals surface area contributed by atoms with E-state index in [1.54, 1.807) is 36.8 Å². The van der Waals surface area contributed by atoms with Crippen LogP contribution in [0.4, 0.5) is 0 Å². The summed E-state index contributed by atoms with van der Waals surface area (Å²) >= 11 is 6.75. The molecule has 40 heavy (non-hydrogen) atoms. The first-order valence-corrected chi connectivity index (χ1v) is 15.4. The molecule has 1 N–H and O–H groups in total. The lowest BCUT2D eigenvalue weighted by atomic mass is 9.90. The predicted molar refractivity (Wildman–Crippen MR) is 169 cm³/mol. The van der Waals surface area contributed by atoms with Crippen molar-refractivity contribution in [1.29, 1.82) is 0 Å². The lowest BCUT2D eigenvalue weighted by Crippen LogP contribution is -2.40. The van der Waals surface area contributed by atoms with Crippen LogP contribution in [0.25, 0.3) is 16.8 Å². The number of hydrogen-bond acceptors (Lipinski definition) is 7. The summed E-state index contributed by atoms with van der Waals surface area (Å²) in [7, 11) is 1.58. The zero-order valence-electron chi connectivity index (χ0n) is 22.0. The number of phenols is 1. The van der Waals surface area contributed by atoms with Crippen molar-refractivity contribution in [2.75, 3.05) is 13.7 Å². The number of fused-ring (bicyclic) bond motifs is 2. The number of ether oxygens (including phenoxy) is 2. The number of aromatic nitrogens is 1. The second kappa shape index (κ2) is 11.9. The van der Waals surface area contributed by atoms with Crippen LogP contribution in [0.1, 0.15) is 43.9 Å². The molecule has 0 unspecified atom stereocenters. The Morgan fingerprint density at radius 3 is 2.73 bits per heavy atom. The Hall–Kier alpha value is -2.96. The van der Waals surface area contributed by atoms with E-state index in [0.29, 0.717) is 47.5 Å². The molecule has 7 nitrogen and oxygen atoms in total. The van der Waals surface area contributed by atoms with Crippen molar-refractivity contribution in [3.8, 4) is 11.5 Å². The quantitative estimate of drug-likeness (QED) is 0.191. The van der Waals surface area contributed by atoms with Crippen LogP contribution in [0, 0.1) is 3.57 Å². The zero-order valence-corrected chi connectivity index (χ0v) is 26.6. The van der Waals surface area contributed by atoms with E-state index in [-0.39, 0.29) is 17.9 Å². The van der Waals surface area contributed by atoms with Crippen LogP contribution in [0.2, 0.25) is 0 Å². The number of allylic oxidation sites excluding steroid dienone is 1. The van der Waals surface area contributed by atoms with Gasteiger partial charge in [-0.3, -0.25) is 9.36 Å². The van der Waals surface area contributed by atoms with E-state index in [1.165, 1.54) is 11.3 Å². The van der Waals surface area contributed by atoms with Crippen molar-refractivity contribution in [1.82, 2.24) is 4.57 Å². The first kappa shape index (κ1) is 28.6. The van der Waals surface area contributed by atoms with Crippen LogP contribution in [0.15, 0.2) is 74.1 Å².